The Balaban J connectivity index is 1.86. The lowest BCUT2D eigenvalue weighted by molar-refractivity contribution is 0.628. The fourth-order valence-corrected chi connectivity index (χ4v) is 3.53. The standard InChI is InChI=1S/C13H7FN4S2/c14-9-5-3-8(4-6-9)11-15-16-13-18(11)17-12(20-13)10-2-1-7-19-10/h1-7H. The van der Waals surface area contributed by atoms with Crippen molar-refractivity contribution >= 4 is 27.6 Å². The second kappa shape index (κ2) is 4.46. The van der Waals surface area contributed by atoms with Crippen LogP contribution in [0.1, 0.15) is 0 Å². The number of rotatable bonds is 2. The summed E-state index contributed by atoms with van der Waals surface area (Å²) >= 11 is 3.12. The summed E-state index contributed by atoms with van der Waals surface area (Å²) < 4.78 is 14.7. The van der Waals surface area contributed by atoms with Gasteiger partial charge in [0.25, 0.3) is 0 Å². The number of fused-ring (bicyclic) bond motifs is 1. The Labute approximate surface area is 121 Å². The molecular weight excluding hydrogens is 295 g/mol. The summed E-state index contributed by atoms with van der Waals surface area (Å²) in [5.41, 5.74) is 0.793. The minimum atomic E-state index is -0.271. The van der Waals surface area contributed by atoms with E-state index in [1.807, 2.05) is 17.5 Å². The Morgan fingerprint density at radius 3 is 2.65 bits per heavy atom. The molecule has 20 heavy (non-hydrogen) atoms. The lowest BCUT2D eigenvalue weighted by Gasteiger charge is -1.96. The quantitative estimate of drug-likeness (QED) is 0.567. The van der Waals surface area contributed by atoms with Gasteiger partial charge in [-0.05, 0) is 35.7 Å². The number of hydrogen-bond acceptors (Lipinski definition) is 5. The average Bonchev–Trinajstić information content (AvgIpc) is 3.15. The molecule has 4 nitrogen and oxygen atoms in total. The van der Waals surface area contributed by atoms with E-state index >= 15 is 0 Å². The SMILES string of the molecule is Fc1ccc(-c2nnc3sc(-c4cccs4)nn23)cc1. The summed E-state index contributed by atoms with van der Waals surface area (Å²) in [6.07, 6.45) is 0. The van der Waals surface area contributed by atoms with Crippen molar-refractivity contribution in [2.24, 2.45) is 0 Å². The van der Waals surface area contributed by atoms with Gasteiger partial charge in [0.2, 0.25) is 4.96 Å². The molecule has 0 atom stereocenters. The van der Waals surface area contributed by atoms with Crippen LogP contribution in [-0.2, 0) is 0 Å². The zero-order valence-corrected chi connectivity index (χ0v) is 11.7. The molecule has 0 fully saturated rings. The van der Waals surface area contributed by atoms with E-state index in [2.05, 4.69) is 15.3 Å². The van der Waals surface area contributed by atoms with Gasteiger partial charge in [0, 0.05) is 5.56 Å². The van der Waals surface area contributed by atoms with E-state index in [0.717, 1.165) is 20.4 Å². The van der Waals surface area contributed by atoms with Crippen molar-refractivity contribution in [3.05, 3.63) is 47.6 Å². The minimum Gasteiger partial charge on any atom is -0.207 e. The van der Waals surface area contributed by atoms with Crippen LogP contribution in [-0.4, -0.2) is 19.8 Å². The normalized spacial score (nSPS) is 11.2. The van der Waals surface area contributed by atoms with Gasteiger partial charge in [-0.3, -0.25) is 0 Å². The van der Waals surface area contributed by atoms with Crippen molar-refractivity contribution in [2.45, 2.75) is 0 Å². The van der Waals surface area contributed by atoms with E-state index in [4.69, 9.17) is 0 Å². The molecule has 3 aromatic heterocycles. The zero-order valence-electron chi connectivity index (χ0n) is 10.0. The van der Waals surface area contributed by atoms with E-state index in [9.17, 15) is 4.39 Å². The molecule has 1 aromatic carbocycles. The van der Waals surface area contributed by atoms with Crippen LogP contribution in [0.2, 0.25) is 0 Å². The molecule has 0 bridgehead atoms. The molecule has 0 aliphatic rings. The van der Waals surface area contributed by atoms with Gasteiger partial charge in [-0.1, -0.05) is 17.4 Å². The molecule has 0 amide bonds. The smallest absolute Gasteiger partial charge is 0.207 e. The van der Waals surface area contributed by atoms with Gasteiger partial charge < -0.3 is 0 Å². The highest BCUT2D eigenvalue weighted by atomic mass is 32.1. The second-order valence-corrected chi connectivity index (χ2v) is 6.01. The van der Waals surface area contributed by atoms with E-state index < -0.39 is 0 Å². The van der Waals surface area contributed by atoms with Crippen LogP contribution in [0.25, 0.3) is 26.2 Å². The topological polar surface area (TPSA) is 43.1 Å². The Bertz CT molecular complexity index is 862. The molecule has 0 aliphatic carbocycles. The van der Waals surface area contributed by atoms with Gasteiger partial charge in [0.15, 0.2) is 10.8 Å². The molecule has 7 heteroatoms. The van der Waals surface area contributed by atoms with Gasteiger partial charge in [0.1, 0.15) is 5.82 Å². The Morgan fingerprint density at radius 1 is 1.05 bits per heavy atom. The van der Waals surface area contributed by atoms with Crippen LogP contribution >= 0.6 is 22.7 Å². The molecule has 0 N–H and O–H groups in total. The first-order valence-electron chi connectivity index (χ1n) is 5.83. The molecule has 0 saturated heterocycles. The summed E-state index contributed by atoms with van der Waals surface area (Å²) in [4.78, 5) is 1.83. The van der Waals surface area contributed by atoms with Crippen LogP contribution < -0.4 is 0 Å². The summed E-state index contributed by atoms with van der Waals surface area (Å²) in [6.45, 7) is 0. The Morgan fingerprint density at radius 2 is 1.90 bits per heavy atom. The molecule has 0 saturated carbocycles. The largest absolute Gasteiger partial charge is 0.235 e. The van der Waals surface area contributed by atoms with Crippen LogP contribution in [0.15, 0.2) is 41.8 Å². The predicted octanol–water partition coefficient (Wildman–Crippen LogP) is 3.72. The van der Waals surface area contributed by atoms with Crippen molar-refractivity contribution in [3.8, 4) is 21.3 Å². The number of nitrogens with zero attached hydrogens (tertiary/aromatic N) is 4. The summed E-state index contributed by atoms with van der Waals surface area (Å²) in [6, 6.07) is 10.2. The van der Waals surface area contributed by atoms with E-state index in [1.54, 1.807) is 28.0 Å². The molecule has 0 aliphatic heterocycles. The third kappa shape index (κ3) is 1.83. The van der Waals surface area contributed by atoms with Gasteiger partial charge in [-0.25, -0.2) is 4.39 Å². The lowest BCUT2D eigenvalue weighted by atomic mass is 10.2. The van der Waals surface area contributed by atoms with Crippen molar-refractivity contribution in [3.63, 3.8) is 0 Å². The number of aromatic nitrogens is 4. The highest BCUT2D eigenvalue weighted by molar-refractivity contribution is 7.23. The Hall–Kier alpha value is -2.12. The van der Waals surface area contributed by atoms with E-state index in [0.29, 0.717) is 5.82 Å². The first-order valence-corrected chi connectivity index (χ1v) is 7.53. The number of thiophene rings is 1. The van der Waals surface area contributed by atoms with Crippen molar-refractivity contribution in [1.82, 2.24) is 19.8 Å². The maximum Gasteiger partial charge on any atom is 0.235 e. The molecule has 4 rings (SSSR count). The molecule has 0 radical (unpaired) electrons. The lowest BCUT2D eigenvalue weighted by Crippen LogP contribution is -1.90. The minimum absolute atomic E-state index is 0.271. The maximum absolute atomic E-state index is 13.0. The van der Waals surface area contributed by atoms with E-state index in [1.165, 1.54) is 23.5 Å². The van der Waals surface area contributed by atoms with Crippen LogP contribution in [0.3, 0.4) is 0 Å². The number of halogens is 1. The summed E-state index contributed by atoms with van der Waals surface area (Å²) in [5.74, 6) is 0.353. The highest BCUT2D eigenvalue weighted by Crippen LogP contribution is 2.30. The third-order valence-electron chi connectivity index (χ3n) is 2.83. The molecule has 3 heterocycles. The van der Waals surface area contributed by atoms with Gasteiger partial charge in [0.05, 0.1) is 4.88 Å². The highest BCUT2D eigenvalue weighted by Gasteiger charge is 2.14. The first-order chi connectivity index (χ1) is 9.81. The Kier molecular flexibility index (Phi) is 2.61. The van der Waals surface area contributed by atoms with Gasteiger partial charge >= 0.3 is 0 Å². The monoisotopic (exact) mass is 302 g/mol. The van der Waals surface area contributed by atoms with Crippen molar-refractivity contribution in [1.29, 1.82) is 0 Å². The fraction of sp³-hybridized carbons (Fsp3) is 0. The van der Waals surface area contributed by atoms with E-state index in [-0.39, 0.29) is 5.82 Å². The van der Waals surface area contributed by atoms with Crippen molar-refractivity contribution in [2.75, 3.05) is 0 Å². The zero-order chi connectivity index (χ0) is 13.5. The molecule has 98 valence electrons. The average molecular weight is 302 g/mol. The van der Waals surface area contributed by atoms with Gasteiger partial charge in [-0.2, -0.15) is 9.61 Å². The fourth-order valence-electron chi connectivity index (χ4n) is 1.90. The number of hydrogen-bond donors (Lipinski definition) is 0. The predicted molar refractivity (Wildman–Crippen MR) is 77.4 cm³/mol. The van der Waals surface area contributed by atoms with Crippen LogP contribution in [0.5, 0.6) is 0 Å². The van der Waals surface area contributed by atoms with Gasteiger partial charge in [-0.15, -0.1) is 21.5 Å². The molecule has 4 aromatic rings. The molecular formula is C13H7FN4S2. The van der Waals surface area contributed by atoms with Crippen LogP contribution in [0, 0.1) is 5.82 Å². The third-order valence-corrected chi connectivity index (χ3v) is 4.76. The summed E-state index contributed by atoms with van der Waals surface area (Å²) in [5, 5.41) is 15.7. The van der Waals surface area contributed by atoms with Crippen LogP contribution in [0.4, 0.5) is 4.39 Å². The summed E-state index contributed by atoms with van der Waals surface area (Å²) in [7, 11) is 0. The molecule has 0 spiro atoms. The first kappa shape index (κ1) is 11.7. The second-order valence-electron chi connectivity index (χ2n) is 4.11. The van der Waals surface area contributed by atoms with Crippen molar-refractivity contribution < 1.29 is 4.39 Å². The molecule has 0 unspecified atom stereocenters. The number of benzene rings is 1. The maximum atomic E-state index is 13.0.